The van der Waals surface area contributed by atoms with Crippen LogP contribution in [0.25, 0.3) is 11.5 Å². The normalized spacial score (nSPS) is 19.9. The standard InChI is InChI=1S/C28H35N5O3/c1-16(2)10-22-13-25(31-36-22)28-30-29-27(33(28)21-8-9-21)24-15-32(19(5)34)14-23(24)26(35)12-20-7-6-17(3)11-18(20)4/h6-7,11,13,16,21,23-24H,8-10,12,14-15H2,1-5H3/t23-,24-/m0/s1. The summed E-state index contributed by atoms with van der Waals surface area (Å²) in [5.74, 6) is 2.36. The molecular formula is C28H35N5O3. The minimum absolute atomic E-state index is 0.0191. The van der Waals surface area contributed by atoms with E-state index in [9.17, 15) is 9.59 Å². The molecule has 0 spiro atoms. The van der Waals surface area contributed by atoms with E-state index in [1.807, 2.05) is 25.1 Å². The van der Waals surface area contributed by atoms with Crippen molar-refractivity contribution in [3.63, 3.8) is 0 Å². The van der Waals surface area contributed by atoms with Crippen LogP contribution in [0, 0.1) is 25.7 Å². The number of benzene rings is 1. The molecule has 36 heavy (non-hydrogen) atoms. The van der Waals surface area contributed by atoms with Gasteiger partial charge in [0.2, 0.25) is 5.91 Å². The van der Waals surface area contributed by atoms with Crippen molar-refractivity contribution in [3.8, 4) is 11.5 Å². The molecule has 1 amide bonds. The number of rotatable bonds is 8. The molecule has 1 saturated heterocycles. The van der Waals surface area contributed by atoms with Crippen LogP contribution in [0.3, 0.4) is 0 Å². The van der Waals surface area contributed by atoms with Gasteiger partial charge in [-0.15, -0.1) is 10.2 Å². The smallest absolute Gasteiger partial charge is 0.219 e. The zero-order valence-electron chi connectivity index (χ0n) is 21.8. The van der Waals surface area contributed by atoms with E-state index in [1.54, 1.807) is 11.8 Å². The van der Waals surface area contributed by atoms with Crippen molar-refractivity contribution in [3.05, 3.63) is 52.5 Å². The fraction of sp³-hybridized carbons (Fsp3) is 0.536. The second kappa shape index (κ2) is 9.64. The summed E-state index contributed by atoms with van der Waals surface area (Å²) in [5, 5.41) is 13.4. The Kier molecular flexibility index (Phi) is 6.53. The van der Waals surface area contributed by atoms with Gasteiger partial charge in [-0.3, -0.25) is 9.59 Å². The molecule has 8 heteroatoms. The number of nitrogens with zero attached hydrogens (tertiary/aromatic N) is 5. The van der Waals surface area contributed by atoms with Gasteiger partial charge in [0.15, 0.2) is 11.5 Å². The maximum atomic E-state index is 13.7. The Balaban J connectivity index is 1.47. The number of amides is 1. The number of ketones is 1. The highest BCUT2D eigenvalue weighted by molar-refractivity contribution is 5.86. The summed E-state index contributed by atoms with van der Waals surface area (Å²) < 4.78 is 7.73. The topological polar surface area (TPSA) is 94.1 Å². The molecule has 2 fully saturated rings. The zero-order valence-corrected chi connectivity index (χ0v) is 21.8. The number of aromatic nitrogens is 4. The predicted octanol–water partition coefficient (Wildman–Crippen LogP) is 4.46. The summed E-state index contributed by atoms with van der Waals surface area (Å²) in [4.78, 5) is 27.8. The highest BCUT2D eigenvalue weighted by Gasteiger charge is 2.44. The molecule has 0 N–H and O–H groups in total. The molecule has 3 heterocycles. The first-order chi connectivity index (χ1) is 17.2. The van der Waals surface area contributed by atoms with Crippen molar-refractivity contribution in [1.82, 2.24) is 24.8 Å². The van der Waals surface area contributed by atoms with Crippen LogP contribution < -0.4 is 0 Å². The van der Waals surface area contributed by atoms with Crippen LogP contribution in [0.5, 0.6) is 0 Å². The van der Waals surface area contributed by atoms with E-state index in [-0.39, 0.29) is 29.6 Å². The van der Waals surface area contributed by atoms with Crippen LogP contribution in [0.2, 0.25) is 0 Å². The number of Topliss-reactive ketones (excluding diaryl/α,β-unsaturated/α-hetero) is 1. The number of hydrogen-bond acceptors (Lipinski definition) is 6. The molecule has 0 unspecified atom stereocenters. The Bertz CT molecular complexity index is 1290. The van der Waals surface area contributed by atoms with Gasteiger partial charge in [-0.25, -0.2) is 0 Å². The fourth-order valence-electron chi connectivity index (χ4n) is 5.35. The van der Waals surface area contributed by atoms with Crippen LogP contribution in [0.1, 0.15) is 73.8 Å². The first-order valence-corrected chi connectivity index (χ1v) is 13.0. The Labute approximate surface area is 212 Å². The third-order valence-corrected chi connectivity index (χ3v) is 7.40. The monoisotopic (exact) mass is 489 g/mol. The predicted molar refractivity (Wildman–Crippen MR) is 135 cm³/mol. The van der Waals surface area contributed by atoms with Gasteiger partial charge in [0.05, 0.1) is 0 Å². The summed E-state index contributed by atoms with van der Waals surface area (Å²) in [6.45, 7) is 10.8. The first kappa shape index (κ1) is 24.4. The molecule has 1 aromatic carbocycles. The van der Waals surface area contributed by atoms with Gasteiger partial charge >= 0.3 is 0 Å². The summed E-state index contributed by atoms with van der Waals surface area (Å²) in [6, 6.07) is 8.44. The van der Waals surface area contributed by atoms with Crippen LogP contribution in [-0.4, -0.2) is 49.6 Å². The number of carbonyl (C=O) groups is 2. The van der Waals surface area contributed by atoms with Crippen molar-refractivity contribution in [2.45, 2.75) is 72.3 Å². The van der Waals surface area contributed by atoms with Crippen LogP contribution in [0.4, 0.5) is 0 Å². The van der Waals surface area contributed by atoms with Crippen LogP contribution in [0.15, 0.2) is 28.8 Å². The number of likely N-dealkylation sites (tertiary alicyclic amines) is 1. The Morgan fingerprint density at radius 2 is 1.89 bits per heavy atom. The molecule has 3 aromatic rings. The average molecular weight is 490 g/mol. The van der Waals surface area contributed by atoms with E-state index in [0.29, 0.717) is 36.9 Å². The third kappa shape index (κ3) is 4.86. The van der Waals surface area contributed by atoms with E-state index >= 15 is 0 Å². The van der Waals surface area contributed by atoms with Crippen molar-refractivity contribution >= 4 is 11.7 Å². The van der Waals surface area contributed by atoms with Gasteiger partial charge in [-0.1, -0.05) is 42.8 Å². The molecular weight excluding hydrogens is 454 g/mol. The maximum Gasteiger partial charge on any atom is 0.219 e. The molecule has 190 valence electrons. The lowest BCUT2D eigenvalue weighted by atomic mass is 9.87. The molecule has 0 radical (unpaired) electrons. The molecule has 5 rings (SSSR count). The Hall–Kier alpha value is -3.29. The van der Waals surface area contributed by atoms with Crippen LogP contribution in [-0.2, 0) is 22.4 Å². The highest BCUT2D eigenvalue weighted by atomic mass is 16.5. The summed E-state index contributed by atoms with van der Waals surface area (Å²) in [6.07, 6.45) is 3.24. The van der Waals surface area contributed by atoms with Gasteiger partial charge in [0.1, 0.15) is 17.4 Å². The molecule has 8 nitrogen and oxygen atoms in total. The maximum absolute atomic E-state index is 13.7. The Morgan fingerprint density at radius 3 is 2.56 bits per heavy atom. The van der Waals surface area contributed by atoms with Gasteiger partial charge < -0.3 is 14.0 Å². The van der Waals surface area contributed by atoms with E-state index in [1.165, 1.54) is 5.56 Å². The van der Waals surface area contributed by atoms with Crippen molar-refractivity contribution in [2.75, 3.05) is 13.1 Å². The SMILES string of the molecule is CC(=O)N1C[C@H](C(=O)Cc2ccc(C)cc2C)[C@@H](c2nnc(-c3cc(CC(C)C)on3)n2C2CC2)C1. The first-order valence-electron chi connectivity index (χ1n) is 13.0. The summed E-state index contributed by atoms with van der Waals surface area (Å²) >= 11 is 0. The molecule has 1 aliphatic carbocycles. The van der Waals surface area contributed by atoms with Gasteiger partial charge in [-0.05, 0) is 43.7 Å². The third-order valence-electron chi connectivity index (χ3n) is 7.40. The molecule has 2 atom stereocenters. The summed E-state index contributed by atoms with van der Waals surface area (Å²) in [5.41, 5.74) is 4.01. The molecule has 1 aliphatic heterocycles. The van der Waals surface area contributed by atoms with Crippen molar-refractivity contribution in [1.29, 1.82) is 0 Å². The lowest BCUT2D eigenvalue weighted by molar-refractivity contribution is -0.128. The minimum Gasteiger partial charge on any atom is -0.361 e. The summed E-state index contributed by atoms with van der Waals surface area (Å²) in [7, 11) is 0. The minimum atomic E-state index is -0.321. The highest BCUT2D eigenvalue weighted by Crippen LogP contribution is 2.43. The Morgan fingerprint density at radius 1 is 1.11 bits per heavy atom. The van der Waals surface area contributed by atoms with Crippen LogP contribution >= 0.6 is 0 Å². The molecule has 1 saturated carbocycles. The number of aryl methyl sites for hydroxylation is 2. The van der Waals surface area contributed by atoms with E-state index in [4.69, 9.17) is 4.52 Å². The fourth-order valence-corrected chi connectivity index (χ4v) is 5.35. The quantitative estimate of drug-likeness (QED) is 0.464. The van der Waals surface area contributed by atoms with Crippen molar-refractivity contribution in [2.24, 2.45) is 11.8 Å². The molecule has 2 aromatic heterocycles. The van der Waals surface area contributed by atoms with E-state index in [0.717, 1.165) is 42.0 Å². The van der Waals surface area contributed by atoms with Crippen molar-refractivity contribution < 1.29 is 14.1 Å². The molecule has 2 aliphatic rings. The van der Waals surface area contributed by atoms with Gasteiger partial charge in [-0.2, -0.15) is 0 Å². The number of carbonyl (C=O) groups excluding carboxylic acids is 2. The second-order valence-corrected chi connectivity index (χ2v) is 11.0. The zero-order chi connectivity index (χ0) is 25.6. The van der Waals surface area contributed by atoms with E-state index in [2.05, 4.69) is 46.8 Å². The second-order valence-electron chi connectivity index (χ2n) is 11.0. The lowest BCUT2D eigenvalue weighted by Gasteiger charge is -2.18. The number of hydrogen-bond donors (Lipinski definition) is 0. The van der Waals surface area contributed by atoms with Gasteiger partial charge in [0, 0.05) is 56.8 Å². The largest absolute Gasteiger partial charge is 0.361 e. The average Bonchev–Trinajstić information content (AvgIpc) is 3.20. The lowest BCUT2D eigenvalue weighted by Crippen LogP contribution is -2.28. The van der Waals surface area contributed by atoms with E-state index < -0.39 is 0 Å². The van der Waals surface area contributed by atoms with Gasteiger partial charge in [0.25, 0.3) is 0 Å². The molecule has 0 bridgehead atoms.